The Kier molecular flexibility index (Phi) is 5.81. The molecule has 1 amide bonds. The molecule has 178 valence electrons. The molecule has 1 atom stereocenters. The zero-order chi connectivity index (χ0) is 24.8. The van der Waals surface area contributed by atoms with Gasteiger partial charge in [0.15, 0.2) is 14.6 Å². The van der Waals surface area contributed by atoms with Crippen LogP contribution < -0.4 is 11.0 Å². The van der Waals surface area contributed by atoms with Crippen molar-refractivity contribution in [2.45, 2.75) is 43.9 Å². The molecule has 0 spiro atoms. The topological polar surface area (TPSA) is 139 Å². The molecule has 5 rings (SSSR count). The number of rotatable bonds is 6. The average molecular weight is 484 g/mol. The lowest BCUT2D eigenvalue weighted by Gasteiger charge is -2.67. The van der Waals surface area contributed by atoms with Crippen molar-refractivity contribution in [3.63, 3.8) is 0 Å². The molecule has 1 heterocycles. The molecule has 34 heavy (non-hydrogen) atoms. The van der Waals surface area contributed by atoms with Gasteiger partial charge in [-0.05, 0) is 68.1 Å². The van der Waals surface area contributed by atoms with E-state index >= 15 is 0 Å². The molecule has 0 aliphatic heterocycles. The maximum Gasteiger partial charge on any atom is 0.264 e. The number of aliphatic hydroxyl groups is 1. The summed E-state index contributed by atoms with van der Waals surface area (Å²) in [6, 6.07) is 4.96. The molecular weight excluding hydrogens is 458 g/mol. The third-order valence-corrected chi connectivity index (χ3v) is 9.15. The van der Waals surface area contributed by atoms with Crippen LogP contribution in [0.1, 0.15) is 38.2 Å². The number of aryl methyl sites for hydroxylation is 1. The van der Waals surface area contributed by atoms with Gasteiger partial charge >= 0.3 is 0 Å². The molecule has 1 aromatic heterocycles. The first-order valence-electron chi connectivity index (χ1n) is 10.7. The van der Waals surface area contributed by atoms with Crippen molar-refractivity contribution >= 4 is 26.6 Å². The second-order valence-corrected chi connectivity index (χ2v) is 12.1. The molecule has 2 bridgehead atoms. The van der Waals surface area contributed by atoms with Crippen LogP contribution in [0.15, 0.2) is 29.3 Å². The van der Waals surface area contributed by atoms with Crippen LogP contribution in [0, 0.1) is 34.5 Å². The van der Waals surface area contributed by atoms with Crippen LogP contribution >= 0.6 is 0 Å². The highest BCUT2D eigenvalue weighted by Crippen LogP contribution is 2.72. The van der Waals surface area contributed by atoms with E-state index in [1.807, 2.05) is 0 Å². The van der Waals surface area contributed by atoms with Gasteiger partial charge in [-0.3, -0.25) is 19.4 Å². The van der Waals surface area contributed by atoms with Crippen LogP contribution in [-0.4, -0.2) is 51.8 Å². The van der Waals surface area contributed by atoms with E-state index in [2.05, 4.69) is 28.7 Å². The van der Waals surface area contributed by atoms with E-state index in [0.717, 1.165) is 25.5 Å². The summed E-state index contributed by atoms with van der Waals surface area (Å²) in [5, 5.41) is 18.6. The van der Waals surface area contributed by atoms with E-state index in [1.165, 1.54) is 23.3 Å². The van der Waals surface area contributed by atoms with Gasteiger partial charge in [0.2, 0.25) is 0 Å². The van der Waals surface area contributed by atoms with E-state index in [0.29, 0.717) is 16.5 Å². The maximum absolute atomic E-state index is 12.9. The fraction of sp³-hybridized carbons (Fsp3) is 0.458. The Hall–Kier alpha value is -3.18. The number of fused-ring (bicyclic) bond motifs is 1. The van der Waals surface area contributed by atoms with Gasteiger partial charge in [0.05, 0.1) is 17.2 Å². The number of hydrogen-bond donors (Lipinski definition) is 3. The largest absolute Gasteiger partial charge is 0.396 e. The molecule has 3 aliphatic carbocycles. The highest BCUT2D eigenvalue weighted by molar-refractivity contribution is 7.92. The second kappa shape index (κ2) is 8.24. The average Bonchev–Trinajstić information content (AvgIpc) is 2.75. The Labute approximate surface area is 197 Å². The summed E-state index contributed by atoms with van der Waals surface area (Å²) in [5.74, 6) is 10.8. The van der Waals surface area contributed by atoms with Crippen LogP contribution in [0.4, 0.5) is 0 Å². The molecule has 1 unspecified atom stereocenters. The van der Waals surface area contributed by atoms with Gasteiger partial charge in [-0.25, -0.2) is 18.9 Å². The third kappa shape index (κ3) is 3.98. The monoisotopic (exact) mass is 483 g/mol. The molecule has 10 heteroatoms. The van der Waals surface area contributed by atoms with Crippen LogP contribution in [0.5, 0.6) is 0 Å². The lowest BCUT2D eigenvalue weighted by molar-refractivity contribution is -0.185. The number of hydrogen-bond acceptors (Lipinski definition) is 7. The minimum atomic E-state index is -3.87. The highest BCUT2D eigenvalue weighted by Gasteiger charge is 2.66. The van der Waals surface area contributed by atoms with Crippen molar-refractivity contribution in [3.8, 4) is 23.7 Å². The fourth-order valence-electron chi connectivity index (χ4n) is 4.88. The first-order chi connectivity index (χ1) is 16.0. The molecule has 3 fully saturated rings. The summed E-state index contributed by atoms with van der Waals surface area (Å²) in [4.78, 5) is 29.1. The number of aromatic nitrogens is 2. The number of nitrogens with one attached hydrogen (secondary N) is 1. The predicted molar refractivity (Wildman–Crippen MR) is 124 cm³/mol. The maximum atomic E-state index is 12.9. The van der Waals surface area contributed by atoms with Crippen molar-refractivity contribution in [1.29, 1.82) is 0 Å². The number of sulfone groups is 1. The SMILES string of the molecule is CC(CCn1cnc2cc(C#CC#CC34CC(CO)(C3)C4)ccc2c1=O)(C(=O)NO)S(C)(=O)=O. The van der Waals surface area contributed by atoms with Gasteiger partial charge in [-0.15, -0.1) is 0 Å². The Bertz CT molecular complexity index is 1450. The van der Waals surface area contributed by atoms with Crippen LogP contribution in [0.2, 0.25) is 0 Å². The Balaban J connectivity index is 1.50. The molecule has 9 nitrogen and oxygen atoms in total. The van der Waals surface area contributed by atoms with Crippen LogP contribution in [0.25, 0.3) is 10.9 Å². The number of amides is 1. The van der Waals surface area contributed by atoms with Crippen molar-refractivity contribution in [2.75, 3.05) is 12.9 Å². The molecule has 0 saturated heterocycles. The summed E-state index contributed by atoms with van der Waals surface area (Å²) in [6.07, 6.45) is 4.77. The van der Waals surface area contributed by atoms with Gasteiger partial charge < -0.3 is 5.11 Å². The first-order valence-corrected chi connectivity index (χ1v) is 12.6. The fourth-order valence-corrected chi connectivity index (χ4v) is 5.72. The van der Waals surface area contributed by atoms with Gasteiger partial charge in [0.1, 0.15) is 0 Å². The Morgan fingerprint density at radius 3 is 2.62 bits per heavy atom. The Morgan fingerprint density at radius 2 is 2.00 bits per heavy atom. The molecule has 3 aliphatic rings. The van der Waals surface area contributed by atoms with Crippen LogP contribution in [-0.2, 0) is 21.2 Å². The Morgan fingerprint density at radius 1 is 1.29 bits per heavy atom. The van der Waals surface area contributed by atoms with Gasteiger partial charge in [-0.1, -0.05) is 11.8 Å². The molecule has 1 aromatic carbocycles. The lowest BCUT2D eigenvalue weighted by atomic mass is 9.36. The summed E-state index contributed by atoms with van der Waals surface area (Å²) >= 11 is 0. The standard InChI is InChI=1S/C24H25N3O6S/c1-22(21(30)26-31,34(2,32)33)9-10-27-16-25-19-11-17(6-7-18(19)20(27)29)5-3-4-8-23-12-24(13-23,14-23)15-28/h6-7,11,16,28,31H,9-10,12-15H2,1-2H3,(H,26,30). The third-order valence-electron chi connectivity index (χ3n) is 7.13. The molecular formula is C24H25N3O6S. The number of carbonyl (C=O) groups excluding carboxylic acids is 1. The minimum Gasteiger partial charge on any atom is -0.396 e. The van der Waals surface area contributed by atoms with Gasteiger partial charge in [-0.2, -0.15) is 0 Å². The zero-order valence-electron chi connectivity index (χ0n) is 18.9. The van der Waals surface area contributed by atoms with Gasteiger partial charge in [0.25, 0.3) is 11.5 Å². The number of hydroxylamine groups is 1. The smallest absolute Gasteiger partial charge is 0.264 e. The lowest BCUT2D eigenvalue weighted by Crippen LogP contribution is -2.62. The molecule has 2 aromatic rings. The summed E-state index contributed by atoms with van der Waals surface area (Å²) in [7, 11) is -3.87. The summed E-state index contributed by atoms with van der Waals surface area (Å²) < 4.78 is 23.6. The quantitative estimate of drug-likeness (QED) is 0.311. The normalized spacial score (nSPS) is 24.4. The van der Waals surface area contributed by atoms with E-state index < -0.39 is 20.5 Å². The summed E-state index contributed by atoms with van der Waals surface area (Å²) in [6.45, 7) is 1.33. The van der Waals surface area contributed by atoms with E-state index in [-0.39, 0.29) is 36.0 Å². The second-order valence-electron chi connectivity index (χ2n) is 9.64. The van der Waals surface area contributed by atoms with Crippen molar-refractivity contribution < 1.29 is 23.5 Å². The van der Waals surface area contributed by atoms with E-state index in [1.54, 1.807) is 18.2 Å². The first kappa shape index (κ1) is 24.0. The molecule has 0 radical (unpaired) electrons. The van der Waals surface area contributed by atoms with E-state index in [4.69, 9.17) is 5.21 Å². The number of aliphatic hydroxyl groups excluding tert-OH is 1. The predicted octanol–water partition coefficient (Wildman–Crippen LogP) is 0.613. The number of benzene rings is 1. The number of carbonyl (C=O) groups is 1. The van der Waals surface area contributed by atoms with Crippen LogP contribution in [0.3, 0.4) is 0 Å². The minimum absolute atomic E-state index is 0.0263. The summed E-state index contributed by atoms with van der Waals surface area (Å²) in [5.41, 5.74) is 2.22. The van der Waals surface area contributed by atoms with E-state index in [9.17, 15) is 23.1 Å². The van der Waals surface area contributed by atoms with Crippen molar-refractivity contribution in [1.82, 2.24) is 15.0 Å². The van der Waals surface area contributed by atoms with Crippen molar-refractivity contribution in [2.24, 2.45) is 10.8 Å². The number of nitrogens with zero attached hydrogens (tertiary/aromatic N) is 2. The zero-order valence-corrected chi connectivity index (χ0v) is 19.7. The van der Waals surface area contributed by atoms with Crippen molar-refractivity contribution in [3.05, 3.63) is 40.4 Å². The van der Waals surface area contributed by atoms with Gasteiger partial charge in [0, 0.05) is 30.4 Å². The highest BCUT2D eigenvalue weighted by atomic mass is 32.2. The molecule has 3 saturated carbocycles. The molecule has 3 N–H and O–H groups in total.